The number of carbonyl (C=O) groups is 5. The Balaban J connectivity index is 0.000000103. The topological polar surface area (TPSA) is 361 Å². The zero-order chi connectivity index (χ0) is 96.6. The molecule has 10 aromatic heterocycles. The molecule has 138 heavy (non-hydrogen) atoms. The van der Waals surface area contributed by atoms with Gasteiger partial charge in [-0.25, -0.2) is 68.9 Å². The average Bonchev–Trinajstić information content (AvgIpc) is 1.52. The lowest BCUT2D eigenvalue weighted by atomic mass is 9.92. The third kappa shape index (κ3) is 17.4. The monoisotopic (exact) mass is 1930 g/mol. The van der Waals surface area contributed by atoms with Crippen LogP contribution in [-0.4, -0.2) is 204 Å². The summed E-state index contributed by atoms with van der Waals surface area (Å²) >= 11 is 1.47. The van der Waals surface area contributed by atoms with Crippen LogP contribution < -0.4 is 24.5 Å². The maximum absolute atomic E-state index is 14.7. The van der Waals surface area contributed by atoms with Crippen molar-refractivity contribution in [3.63, 3.8) is 0 Å². The number of Topliss-reactive ketones (excluding diaryl/α,β-unsaturated/α-hetero) is 4. The van der Waals surface area contributed by atoms with Gasteiger partial charge in [0.15, 0.2) is 29.1 Å². The van der Waals surface area contributed by atoms with Gasteiger partial charge in [0.05, 0.1) is 36.0 Å². The highest BCUT2D eigenvalue weighted by atomic mass is 32.1. The number of nitrogens with zero attached hydrogens (tertiary/aromatic N) is 26. The Morgan fingerprint density at radius 2 is 0.609 bits per heavy atom. The van der Waals surface area contributed by atoms with E-state index in [4.69, 9.17) is 20.1 Å². The van der Waals surface area contributed by atoms with E-state index in [0.29, 0.717) is 258 Å². The molecule has 15 heterocycles. The number of aliphatic carboxylic acids is 1. The smallest absolute Gasteiger partial charge is 0.303 e. The van der Waals surface area contributed by atoms with E-state index in [1.54, 1.807) is 73.0 Å². The number of ketones is 4. The van der Waals surface area contributed by atoms with Crippen molar-refractivity contribution in [2.24, 2.45) is 117 Å². The molecular formula is C95H106F10N26O6S. The number of carboxylic acids is 1. The van der Waals surface area contributed by atoms with Crippen LogP contribution in [0.25, 0.3) is 56.8 Å². The molecule has 0 spiro atoms. The second-order valence-corrected chi connectivity index (χ2v) is 41.7. The minimum absolute atomic E-state index is 0.0805. The molecule has 5 aliphatic heterocycles. The molecule has 5 unspecified atom stereocenters. The number of thiophene rings is 1. The molecule has 0 bridgehead atoms. The molecule has 15 aliphatic rings. The van der Waals surface area contributed by atoms with Crippen molar-refractivity contribution in [2.45, 2.75) is 179 Å². The molecule has 1 N–H and O–H groups in total. The van der Waals surface area contributed by atoms with Crippen molar-refractivity contribution < 1.29 is 73.0 Å². The average molecular weight is 1930 g/mol. The molecule has 43 heteroatoms. The quantitative estimate of drug-likeness (QED) is 0.0692. The fraction of sp³-hybridized carbons (Fsp3) is 0.600. The van der Waals surface area contributed by atoms with E-state index < -0.39 is 35.6 Å². The normalized spacial score (nSPS) is 27.6. The lowest BCUT2D eigenvalue weighted by molar-refractivity contribution is -0.137. The number of halogens is 10. The number of imidazole rings is 1. The summed E-state index contributed by atoms with van der Waals surface area (Å²) in [6.07, 6.45) is 13.7. The molecule has 25 rings (SSSR count). The van der Waals surface area contributed by atoms with Crippen LogP contribution in [0.1, 0.15) is 174 Å². The van der Waals surface area contributed by atoms with Crippen molar-refractivity contribution in [3.05, 3.63) is 105 Å². The van der Waals surface area contributed by atoms with Gasteiger partial charge in [-0.15, -0.1) is 26.6 Å². The van der Waals surface area contributed by atoms with E-state index in [-0.39, 0.29) is 126 Å². The SMILES string of the molecule is CC(=O)CC1[C@H]2CN(c3nc(-c4cccs4)nc4c3CCCC4(F)F)C[C@@H]12.CC(=O)CC1[C@H]2CN(c3nc(-c4cnnn4C)nc4c3CCC4(F)F)C[C@@H]12.CC(=O)CC1[C@H]2CN(c3nc(-c4cnnn4C)nc4c3CCCC4(F)F)C[C@@H]12.CC(=O)CC1[C@H]2CN(c3nc(-c4cnnn4C)nc4c3CCCC4(F)F)C[C@@H]12.Cn1cncc1-c1nc(N2C[C@@H]3C(CC(=O)O)[C@@H]3C2)c2c(n1)C(F)(F)CCC2. The predicted octanol–water partition coefficient (Wildman–Crippen LogP) is 13.5. The van der Waals surface area contributed by atoms with E-state index in [1.165, 1.54) is 44.0 Å². The summed E-state index contributed by atoms with van der Waals surface area (Å²) in [6.45, 7) is 14.1. The number of rotatable bonds is 20. The van der Waals surface area contributed by atoms with Crippen molar-refractivity contribution in [2.75, 3.05) is 89.9 Å². The van der Waals surface area contributed by atoms with Crippen LogP contribution in [0, 0.1) is 88.8 Å². The molecule has 15 atom stereocenters. The van der Waals surface area contributed by atoms with Gasteiger partial charge in [0, 0.05) is 186 Å². The zero-order valence-corrected chi connectivity index (χ0v) is 78.4. The van der Waals surface area contributed by atoms with Gasteiger partial charge in [0.1, 0.15) is 103 Å². The van der Waals surface area contributed by atoms with Crippen LogP contribution in [0.3, 0.4) is 0 Å². The summed E-state index contributed by atoms with van der Waals surface area (Å²) in [5, 5.41) is 34.0. The zero-order valence-electron chi connectivity index (χ0n) is 77.6. The molecule has 10 aromatic rings. The van der Waals surface area contributed by atoms with Crippen molar-refractivity contribution >= 4 is 69.5 Å². The Morgan fingerprint density at radius 1 is 0.348 bits per heavy atom. The van der Waals surface area contributed by atoms with Gasteiger partial charge < -0.3 is 53.4 Å². The lowest BCUT2D eigenvalue weighted by Gasteiger charge is -2.30. The fourth-order valence-electron chi connectivity index (χ4n) is 24.3. The Hall–Kier alpha value is -11.8. The van der Waals surface area contributed by atoms with Crippen LogP contribution in [0.2, 0.25) is 0 Å². The molecule has 728 valence electrons. The largest absolute Gasteiger partial charge is 0.481 e. The number of aryl methyl sites for hydroxylation is 4. The Labute approximate surface area is 790 Å². The number of fused-ring (bicyclic) bond motifs is 10. The van der Waals surface area contributed by atoms with Crippen LogP contribution in [-0.2, 0) is 114 Å². The van der Waals surface area contributed by atoms with Gasteiger partial charge in [-0.05, 0) is 186 Å². The molecule has 32 nitrogen and oxygen atoms in total. The summed E-state index contributed by atoms with van der Waals surface area (Å²) in [7, 11) is 6.86. The van der Waals surface area contributed by atoms with Gasteiger partial charge in [-0.3, -0.25) is 4.79 Å². The second kappa shape index (κ2) is 34.9. The molecule has 10 fully saturated rings. The maximum atomic E-state index is 14.7. The number of anilines is 5. The molecule has 0 amide bonds. The van der Waals surface area contributed by atoms with Gasteiger partial charge in [0.25, 0.3) is 29.6 Å². The number of hydrogen-bond acceptors (Lipinski definition) is 28. The minimum atomic E-state index is -2.97. The molecular weight excluding hydrogens is 1820 g/mol. The first-order valence-corrected chi connectivity index (χ1v) is 48.7. The highest BCUT2D eigenvalue weighted by molar-refractivity contribution is 7.13. The third-order valence-corrected chi connectivity index (χ3v) is 32.4. The summed E-state index contributed by atoms with van der Waals surface area (Å²) in [5.41, 5.74) is 4.29. The Kier molecular flexibility index (Phi) is 23.4. The highest BCUT2D eigenvalue weighted by Crippen LogP contribution is 2.62. The van der Waals surface area contributed by atoms with Gasteiger partial charge in [0.2, 0.25) is 0 Å². The van der Waals surface area contributed by atoms with Crippen molar-refractivity contribution in [1.82, 2.24) is 104 Å². The number of carboxylic acid groups (broad SMARTS) is 1. The molecule has 5 saturated carbocycles. The van der Waals surface area contributed by atoms with Crippen LogP contribution in [0.4, 0.5) is 73.0 Å². The van der Waals surface area contributed by atoms with Gasteiger partial charge in [-0.2, -0.15) is 43.9 Å². The standard InChI is InChI=1S/C20H21F2N3OS.2C19H22F2N6O.C19H21F2N5O2.C18H20F2N6O/c1-11(26)8-13-14-9-25(10-15(13)14)19-12-4-2-6-20(21,22)17(12)23-18(24-19)16-5-3-7-27-16;2*1-10(28)6-12-13-8-27(9-14(12)13)18-11-4-3-5-19(20,21)16(11)23-17(24-18)15-7-22-25-26(15)2;1-25-9-22-6-14(25)17-23-16-10(3-2-4-19(16,20)21)18(24-17)26-7-12-11(5-15(27)28)13(12)8-26;1-9(27)5-11-12-7-26(8-13(11)12)17-10-3-4-18(19,20)15(10)22-16(23-17)14-6-21-24-25(14)2/h3,5,7,13-15H,2,4,6,8-10H2,1H3;2*7,12-14H,3-6,8-9H2,1-2H3;6,9,11-13H,2-5,7-8H2,1H3,(H,27,28);6,11-13H,3-5,7-8H2,1-2H3/t13?,14-,15+;2*12?,13-,14+;2*11?,12-,13+. The fourth-order valence-corrected chi connectivity index (χ4v) is 25.0. The molecule has 5 saturated heterocycles. The molecule has 0 radical (unpaired) electrons. The van der Waals surface area contributed by atoms with Crippen molar-refractivity contribution in [3.8, 4) is 56.8 Å². The van der Waals surface area contributed by atoms with E-state index in [0.717, 1.165) is 57.2 Å². The second-order valence-electron chi connectivity index (χ2n) is 40.7. The summed E-state index contributed by atoms with van der Waals surface area (Å²) < 4.78 is 152. The summed E-state index contributed by atoms with van der Waals surface area (Å²) in [4.78, 5) is 117. The number of alkyl halides is 10. The number of hydrogen-bond donors (Lipinski definition) is 1. The minimum Gasteiger partial charge on any atom is -0.481 e. The predicted molar refractivity (Wildman–Crippen MR) is 482 cm³/mol. The van der Waals surface area contributed by atoms with Crippen LogP contribution >= 0.6 is 11.3 Å². The van der Waals surface area contributed by atoms with Crippen LogP contribution in [0.5, 0.6) is 0 Å². The van der Waals surface area contributed by atoms with E-state index in [9.17, 15) is 67.9 Å². The first-order valence-electron chi connectivity index (χ1n) is 47.8. The van der Waals surface area contributed by atoms with Gasteiger partial charge >= 0.3 is 5.97 Å². The van der Waals surface area contributed by atoms with Crippen molar-refractivity contribution in [1.29, 1.82) is 0 Å². The van der Waals surface area contributed by atoms with E-state index in [2.05, 4.69) is 95.3 Å². The number of aromatic nitrogens is 21. The van der Waals surface area contributed by atoms with E-state index in [1.807, 2.05) is 17.5 Å². The maximum Gasteiger partial charge on any atom is 0.303 e. The van der Waals surface area contributed by atoms with Crippen LogP contribution in [0.15, 0.2) is 48.6 Å². The summed E-state index contributed by atoms with van der Waals surface area (Å²) in [5.74, 6) is -3.72. The lowest BCUT2D eigenvalue weighted by Crippen LogP contribution is -2.31. The first kappa shape index (κ1) is 92.5. The Bertz CT molecular complexity index is 6060. The summed E-state index contributed by atoms with van der Waals surface area (Å²) in [6, 6.07) is 3.76. The number of piperidine rings is 5. The Morgan fingerprint density at radius 3 is 0.855 bits per heavy atom. The highest BCUT2D eigenvalue weighted by Gasteiger charge is 2.62. The molecule has 10 aliphatic carbocycles. The number of carbonyl (C=O) groups excluding carboxylic acids is 4. The third-order valence-electron chi connectivity index (χ3n) is 31.5. The van der Waals surface area contributed by atoms with E-state index >= 15 is 0 Å². The first-order chi connectivity index (χ1) is 65.8. The molecule has 0 aromatic carbocycles. The van der Waals surface area contributed by atoms with Gasteiger partial charge in [-0.1, -0.05) is 21.7 Å².